The van der Waals surface area contributed by atoms with Crippen LogP contribution < -0.4 is 10.1 Å². The van der Waals surface area contributed by atoms with Crippen molar-refractivity contribution in [3.63, 3.8) is 0 Å². The minimum atomic E-state index is -0.334. The van der Waals surface area contributed by atoms with Gasteiger partial charge in [-0.1, -0.05) is 0 Å². The number of carbonyl (C=O) groups excluding carboxylic acids is 2. The van der Waals surface area contributed by atoms with Gasteiger partial charge in [0.15, 0.2) is 5.78 Å². The van der Waals surface area contributed by atoms with E-state index in [2.05, 4.69) is 5.32 Å². The summed E-state index contributed by atoms with van der Waals surface area (Å²) < 4.78 is 26.0. The Morgan fingerprint density at radius 3 is 2.80 bits per heavy atom. The van der Waals surface area contributed by atoms with Crippen molar-refractivity contribution in [2.75, 3.05) is 13.2 Å². The third-order valence-electron chi connectivity index (χ3n) is 5.65. The SMILES string of the molecule is CC(=O)c1ccc(-c2cc(F)cc3c2OC(CNC(=O)C2CCOC(C)(C)C2)C3)s1. The van der Waals surface area contributed by atoms with E-state index in [1.807, 2.05) is 19.9 Å². The quantitative estimate of drug-likeness (QED) is 0.714. The Kier molecular flexibility index (Phi) is 5.68. The Labute approximate surface area is 179 Å². The summed E-state index contributed by atoms with van der Waals surface area (Å²) >= 11 is 1.33. The zero-order chi connectivity index (χ0) is 21.5. The van der Waals surface area contributed by atoms with Crippen LogP contribution in [-0.2, 0) is 16.0 Å². The summed E-state index contributed by atoms with van der Waals surface area (Å²) in [5.41, 5.74) is 1.16. The highest BCUT2D eigenvalue weighted by molar-refractivity contribution is 7.17. The lowest BCUT2D eigenvalue weighted by Crippen LogP contribution is -2.43. The van der Waals surface area contributed by atoms with Crippen molar-refractivity contribution in [1.29, 1.82) is 0 Å². The number of Topliss-reactive ketones (excluding diaryl/α,β-unsaturated/α-hetero) is 1. The zero-order valence-electron chi connectivity index (χ0n) is 17.4. The topological polar surface area (TPSA) is 64.6 Å². The second kappa shape index (κ2) is 8.12. The van der Waals surface area contributed by atoms with Crippen LogP contribution in [0.4, 0.5) is 4.39 Å². The van der Waals surface area contributed by atoms with Gasteiger partial charge in [-0.3, -0.25) is 9.59 Å². The number of amides is 1. The first-order chi connectivity index (χ1) is 14.2. The second-order valence-electron chi connectivity index (χ2n) is 8.65. The standard InChI is InChI=1S/C23H26FNO4S/c1-13(26)19-4-5-20(30-19)18-10-16(24)8-15-9-17(29-21(15)18)12-25-22(27)14-6-7-28-23(2,3)11-14/h4-5,8,10,14,17H,6-7,9,11-12H2,1-3H3,(H,25,27). The van der Waals surface area contributed by atoms with Crippen LogP contribution in [0.5, 0.6) is 5.75 Å². The number of thiophene rings is 1. The highest BCUT2D eigenvalue weighted by atomic mass is 32.1. The number of hydrogen-bond acceptors (Lipinski definition) is 5. The number of nitrogens with one attached hydrogen (secondary N) is 1. The van der Waals surface area contributed by atoms with Crippen LogP contribution in [0, 0.1) is 11.7 Å². The molecule has 160 valence electrons. The van der Waals surface area contributed by atoms with E-state index in [4.69, 9.17) is 9.47 Å². The number of ether oxygens (including phenoxy) is 2. The lowest BCUT2D eigenvalue weighted by atomic mass is 9.88. The van der Waals surface area contributed by atoms with Crippen molar-refractivity contribution >= 4 is 23.0 Å². The van der Waals surface area contributed by atoms with Crippen LogP contribution in [0.1, 0.15) is 48.8 Å². The van der Waals surface area contributed by atoms with E-state index >= 15 is 0 Å². The third-order valence-corrected chi connectivity index (χ3v) is 6.87. The molecule has 0 saturated carbocycles. The largest absolute Gasteiger partial charge is 0.487 e. The molecule has 1 amide bonds. The highest BCUT2D eigenvalue weighted by Crippen LogP contribution is 2.42. The average Bonchev–Trinajstić information content (AvgIpc) is 3.31. The predicted octanol–water partition coefficient (Wildman–Crippen LogP) is 4.38. The molecule has 1 aromatic carbocycles. The van der Waals surface area contributed by atoms with Crippen molar-refractivity contribution in [3.8, 4) is 16.2 Å². The van der Waals surface area contributed by atoms with Crippen molar-refractivity contribution in [2.24, 2.45) is 5.92 Å². The lowest BCUT2D eigenvalue weighted by molar-refractivity contribution is -0.135. The van der Waals surface area contributed by atoms with Crippen LogP contribution in [0.25, 0.3) is 10.4 Å². The third kappa shape index (κ3) is 4.42. The van der Waals surface area contributed by atoms with Crippen molar-refractivity contribution in [1.82, 2.24) is 5.32 Å². The Bertz CT molecular complexity index is 984. The van der Waals surface area contributed by atoms with Gasteiger partial charge in [-0.05, 0) is 57.9 Å². The molecule has 0 spiro atoms. The fourth-order valence-electron chi connectivity index (χ4n) is 4.18. The summed E-state index contributed by atoms with van der Waals surface area (Å²) in [6.07, 6.45) is 1.69. The molecule has 2 aromatic rings. The molecule has 1 N–H and O–H groups in total. The van der Waals surface area contributed by atoms with Crippen LogP contribution in [0.2, 0.25) is 0 Å². The van der Waals surface area contributed by atoms with E-state index in [0.29, 0.717) is 48.6 Å². The number of ketones is 1. The number of hydrogen-bond donors (Lipinski definition) is 1. The van der Waals surface area contributed by atoms with Gasteiger partial charge in [-0.15, -0.1) is 11.3 Å². The molecule has 2 unspecified atom stereocenters. The van der Waals surface area contributed by atoms with Crippen LogP contribution in [0.3, 0.4) is 0 Å². The van der Waals surface area contributed by atoms with Gasteiger partial charge in [0.2, 0.25) is 5.91 Å². The van der Waals surface area contributed by atoms with Gasteiger partial charge in [0.05, 0.1) is 17.0 Å². The van der Waals surface area contributed by atoms with Crippen LogP contribution >= 0.6 is 11.3 Å². The van der Waals surface area contributed by atoms with Gasteiger partial charge < -0.3 is 14.8 Å². The molecule has 5 nitrogen and oxygen atoms in total. The zero-order valence-corrected chi connectivity index (χ0v) is 18.2. The van der Waals surface area contributed by atoms with Gasteiger partial charge in [0.1, 0.15) is 17.7 Å². The number of carbonyl (C=O) groups is 2. The van der Waals surface area contributed by atoms with Gasteiger partial charge in [0, 0.05) is 34.9 Å². The number of rotatable bonds is 5. The van der Waals surface area contributed by atoms with E-state index in [1.165, 1.54) is 30.4 Å². The Morgan fingerprint density at radius 1 is 1.30 bits per heavy atom. The van der Waals surface area contributed by atoms with E-state index < -0.39 is 0 Å². The fourth-order valence-corrected chi connectivity index (χ4v) is 5.09. The van der Waals surface area contributed by atoms with Gasteiger partial charge in [-0.25, -0.2) is 4.39 Å². The number of halogens is 1. The average molecular weight is 432 g/mol. The maximum absolute atomic E-state index is 14.2. The predicted molar refractivity (Wildman–Crippen MR) is 114 cm³/mol. The fraction of sp³-hybridized carbons (Fsp3) is 0.478. The number of benzene rings is 1. The molecule has 3 heterocycles. The van der Waals surface area contributed by atoms with E-state index in [0.717, 1.165) is 10.4 Å². The Balaban J connectivity index is 1.44. The van der Waals surface area contributed by atoms with Crippen LogP contribution in [-0.4, -0.2) is 36.5 Å². The first-order valence-corrected chi connectivity index (χ1v) is 11.1. The monoisotopic (exact) mass is 431 g/mol. The molecule has 4 rings (SSSR count). The van der Waals surface area contributed by atoms with Crippen molar-refractivity contribution in [3.05, 3.63) is 40.5 Å². The van der Waals surface area contributed by atoms with E-state index in [1.54, 1.807) is 6.07 Å². The molecule has 0 radical (unpaired) electrons. The minimum absolute atomic E-state index is 0.0155. The maximum atomic E-state index is 14.2. The summed E-state index contributed by atoms with van der Waals surface area (Å²) in [6, 6.07) is 6.50. The summed E-state index contributed by atoms with van der Waals surface area (Å²) in [5.74, 6) is 0.236. The second-order valence-corrected chi connectivity index (χ2v) is 9.73. The van der Waals surface area contributed by atoms with E-state index in [9.17, 15) is 14.0 Å². The molecular formula is C23H26FNO4S. The molecule has 0 aliphatic carbocycles. The normalized spacial score (nSPS) is 22.3. The first kappa shape index (κ1) is 21.0. The molecule has 30 heavy (non-hydrogen) atoms. The maximum Gasteiger partial charge on any atom is 0.223 e. The number of fused-ring (bicyclic) bond motifs is 1. The Morgan fingerprint density at radius 2 is 2.10 bits per heavy atom. The molecule has 2 aliphatic rings. The molecule has 7 heteroatoms. The van der Waals surface area contributed by atoms with Crippen molar-refractivity contribution < 1.29 is 23.5 Å². The summed E-state index contributed by atoms with van der Waals surface area (Å²) in [7, 11) is 0. The highest BCUT2D eigenvalue weighted by Gasteiger charge is 2.34. The molecule has 2 atom stereocenters. The summed E-state index contributed by atoms with van der Waals surface area (Å²) in [5, 5.41) is 3.00. The lowest BCUT2D eigenvalue weighted by Gasteiger charge is -2.34. The molecule has 1 saturated heterocycles. The van der Waals surface area contributed by atoms with Crippen LogP contribution in [0.15, 0.2) is 24.3 Å². The summed E-state index contributed by atoms with van der Waals surface area (Å²) in [6.45, 7) is 6.47. The van der Waals surface area contributed by atoms with E-state index in [-0.39, 0.29) is 35.1 Å². The van der Waals surface area contributed by atoms with Gasteiger partial charge in [-0.2, -0.15) is 0 Å². The molecule has 2 aliphatic heterocycles. The van der Waals surface area contributed by atoms with Gasteiger partial charge >= 0.3 is 0 Å². The molecule has 0 bridgehead atoms. The summed E-state index contributed by atoms with van der Waals surface area (Å²) in [4.78, 5) is 25.7. The molecule has 1 fully saturated rings. The first-order valence-electron chi connectivity index (χ1n) is 10.2. The molecule has 1 aromatic heterocycles. The Hall–Kier alpha value is -2.25. The van der Waals surface area contributed by atoms with Gasteiger partial charge in [0.25, 0.3) is 0 Å². The molecular weight excluding hydrogens is 405 g/mol. The smallest absolute Gasteiger partial charge is 0.223 e. The van der Waals surface area contributed by atoms with Crippen molar-refractivity contribution in [2.45, 2.75) is 51.7 Å². The minimum Gasteiger partial charge on any atom is -0.487 e.